The normalized spacial score (nSPS) is 11.9. The Morgan fingerprint density at radius 2 is 1.90 bits per heavy atom. The number of benzene rings is 1. The molecule has 4 nitrogen and oxygen atoms in total. The molecule has 0 fully saturated rings. The van der Waals surface area contributed by atoms with Gasteiger partial charge in [0.2, 0.25) is 5.91 Å². The Bertz CT molecular complexity index is 445. The van der Waals surface area contributed by atoms with Crippen LogP contribution in [-0.2, 0) is 16.0 Å². The maximum absolute atomic E-state index is 11.7. The third-order valence-corrected chi connectivity index (χ3v) is 3.62. The molecule has 1 rings (SSSR count). The second kappa shape index (κ2) is 8.74. The fourth-order valence-electron chi connectivity index (χ4n) is 1.82. The molecule has 1 unspecified atom stereocenters. The number of nitrogens with one attached hydrogen (secondary N) is 1. The summed E-state index contributed by atoms with van der Waals surface area (Å²) in [6.45, 7) is 2.60. The van der Waals surface area contributed by atoms with Crippen LogP contribution in [0.3, 0.4) is 0 Å². The van der Waals surface area contributed by atoms with Crippen LogP contribution in [0.15, 0.2) is 28.7 Å². The Kier molecular flexibility index (Phi) is 7.30. The Morgan fingerprint density at radius 1 is 1.25 bits per heavy atom. The lowest BCUT2D eigenvalue weighted by molar-refractivity contribution is -0.137. The SMILES string of the molecule is CC(CCNC(=O)Cc1ccc(Br)cc1)CCC(=O)O. The van der Waals surface area contributed by atoms with Crippen molar-refractivity contribution in [2.45, 2.75) is 32.6 Å². The first kappa shape index (κ1) is 16.7. The largest absolute Gasteiger partial charge is 0.481 e. The number of carbonyl (C=O) groups is 2. The fraction of sp³-hybridized carbons (Fsp3) is 0.467. The lowest BCUT2D eigenvalue weighted by Gasteiger charge is -2.10. The first-order valence-electron chi connectivity index (χ1n) is 6.70. The summed E-state index contributed by atoms with van der Waals surface area (Å²) < 4.78 is 0.994. The van der Waals surface area contributed by atoms with Crippen LogP contribution < -0.4 is 5.32 Å². The average molecular weight is 342 g/mol. The van der Waals surface area contributed by atoms with E-state index in [-0.39, 0.29) is 12.3 Å². The molecule has 0 radical (unpaired) electrons. The maximum Gasteiger partial charge on any atom is 0.303 e. The van der Waals surface area contributed by atoms with Crippen molar-refractivity contribution in [2.24, 2.45) is 5.92 Å². The molecule has 20 heavy (non-hydrogen) atoms. The van der Waals surface area contributed by atoms with Gasteiger partial charge >= 0.3 is 5.97 Å². The number of carboxylic acid groups (broad SMARTS) is 1. The number of halogens is 1. The number of amides is 1. The first-order valence-corrected chi connectivity index (χ1v) is 7.49. The molecule has 5 heteroatoms. The minimum absolute atomic E-state index is 0.00208. The molecule has 1 atom stereocenters. The van der Waals surface area contributed by atoms with Crippen molar-refractivity contribution in [2.75, 3.05) is 6.54 Å². The van der Waals surface area contributed by atoms with E-state index in [0.29, 0.717) is 25.3 Å². The zero-order valence-corrected chi connectivity index (χ0v) is 13.1. The molecular weight excluding hydrogens is 322 g/mol. The standard InChI is InChI=1S/C15H20BrNO3/c1-11(2-7-15(19)20)8-9-17-14(18)10-12-3-5-13(16)6-4-12/h3-6,11H,2,7-10H2,1H3,(H,17,18)(H,19,20). The molecule has 0 bridgehead atoms. The predicted octanol–water partition coefficient (Wildman–Crippen LogP) is 3.00. The topological polar surface area (TPSA) is 66.4 Å². The Morgan fingerprint density at radius 3 is 2.50 bits per heavy atom. The molecule has 1 aromatic carbocycles. The number of hydrogen-bond acceptors (Lipinski definition) is 2. The minimum Gasteiger partial charge on any atom is -0.481 e. The molecule has 2 N–H and O–H groups in total. The molecule has 0 aromatic heterocycles. The van der Waals surface area contributed by atoms with Crippen molar-refractivity contribution in [3.05, 3.63) is 34.3 Å². The van der Waals surface area contributed by atoms with Gasteiger partial charge in [-0.3, -0.25) is 9.59 Å². The van der Waals surface area contributed by atoms with Gasteiger partial charge in [0.1, 0.15) is 0 Å². The van der Waals surface area contributed by atoms with Crippen LogP contribution in [0.25, 0.3) is 0 Å². The molecule has 1 aromatic rings. The lowest BCUT2D eigenvalue weighted by Crippen LogP contribution is -2.27. The van der Waals surface area contributed by atoms with Crippen molar-refractivity contribution in [3.63, 3.8) is 0 Å². The Balaban J connectivity index is 2.20. The second-order valence-corrected chi connectivity index (χ2v) is 5.90. The van der Waals surface area contributed by atoms with Gasteiger partial charge in [0, 0.05) is 17.4 Å². The van der Waals surface area contributed by atoms with E-state index in [0.717, 1.165) is 16.5 Å². The minimum atomic E-state index is -0.767. The van der Waals surface area contributed by atoms with Gasteiger partial charge in [-0.15, -0.1) is 0 Å². The number of rotatable bonds is 8. The molecule has 0 aliphatic rings. The first-order chi connectivity index (χ1) is 9.47. The summed E-state index contributed by atoms with van der Waals surface area (Å²) in [5.74, 6) is -0.465. The summed E-state index contributed by atoms with van der Waals surface area (Å²) in [5.41, 5.74) is 0.977. The third-order valence-electron chi connectivity index (χ3n) is 3.09. The van der Waals surface area contributed by atoms with Crippen molar-refractivity contribution < 1.29 is 14.7 Å². The Labute approximate surface area is 127 Å². The molecule has 0 saturated carbocycles. The van der Waals surface area contributed by atoms with E-state index in [1.54, 1.807) is 0 Å². The van der Waals surface area contributed by atoms with Gasteiger partial charge < -0.3 is 10.4 Å². The van der Waals surface area contributed by atoms with Gasteiger partial charge in [-0.05, 0) is 36.5 Å². The van der Waals surface area contributed by atoms with Gasteiger partial charge in [0.25, 0.3) is 0 Å². The van der Waals surface area contributed by atoms with Gasteiger partial charge in [-0.1, -0.05) is 35.0 Å². The van der Waals surface area contributed by atoms with E-state index in [1.807, 2.05) is 31.2 Å². The molecule has 110 valence electrons. The van der Waals surface area contributed by atoms with E-state index < -0.39 is 5.97 Å². The molecule has 0 aliphatic carbocycles. The van der Waals surface area contributed by atoms with Crippen molar-refractivity contribution in [3.8, 4) is 0 Å². The third kappa shape index (κ3) is 7.28. The van der Waals surface area contributed by atoms with Crippen molar-refractivity contribution in [1.82, 2.24) is 5.32 Å². The summed E-state index contributed by atoms with van der Waals surface area (Å²) in [5, 5.41) is 11.5. The van der Waals surface area contributed by atoms with E-state index >= 15 is 0 Å². The summed E-state index contributed by atoms with van der Waals surface area (Å²) in [6, 6.07) is 7.66. The molecule has 1 amide bonds. The molecule has 0 heterocycles. The van der Waals surface area contributed by atoms with Crippen LogP contribution in [0.2, 0.25) is 0 Å². The second-order valence-electron chi connectivity index (χ2n) is 4.98. The summed E-state index contributed by atoms with van der Waals surface area (Å²) in [6.07, 6.45) is 2.02. The van der Waals surface area contributed by atoms with Gasteiger partial charge in [0.15, 0.2) is 0 Å². The van der Waals surface area contributed by atoms with Crippen molar-refractivity contribution in [1.29, 1.82) is 0 Å². The number of carbonyl (C=O) groups excluding carboxylic acids is 1. The smallest absolute Gasteiger partial charge is 0.303 e. The number of hydrogen-bond donors (Lipinski definition) is 2. The van der Waals surface area contributed by atoms with E-state index in [1.165, 1.54) is 0 Å². The average Bonchev–Trinajstić information content (AvgIpc) is 2.39. The molecule has 0 aliphatic heterocycles. The zero-order chi connectivity index (χ0) is 15.0. The van der Waals surface area contributed by atoms with Crippen LogP contribution in [0.4, 0.5) is 0 Å². The highest BCUT2D eigenvalue weighted by atomic mass is 79.9. The highest BCUT2D eigenvalue weighted by Gasteiger charge is 2.07. The van der Waals surface area contributed by atoms with E-state index in [4.69, 9.17) is 5.11 Å². The van der Waals surface area contributed by atoms with Crippen molar-refractivity contribution >= 4 is 27.8 Å². The van der Waals surface area contributed by atoms with E-state index in [9.17, 15) is 9.59 Å². The molecular formula is C15H20BrNO3. The summed E-state index contributed by atoms with van der Waals surface area (Å²) in [4.78, 5) is 22.2. The van der Waals surface area contributed by atoms with Gasteiger partial charge in [-0.25, -0.2) is 0 Å². The zero-order valence-electron chi connectivity index (χ0n) is 11.6. The van der Waals surface area contributed by atoms with Gasteiger partial charge in [-0.2, -0.15) is 0 Å². The maximum atomic E-state index is 11.7. The fourth-order valence-corrected chi connectivity index (χ4v) is 2.09. The van der Waals surface area contributed by atoms with Crippen LogP contribution in [0.1, 0.15) is 31.7 Å². The highest BCUT2D eigenvalue weighted by molar-refractivity contribution is 9.10. The Hall–Kier alpha value is -1.36. The lowest BCUT2D eigenvalue weighted by atomic mass is 10.0. The van der Waals surface area contributed by atoms with Crippen LogP contribution in [0.5, 0.6) is 0 Å². The summed E-state index contributed by atoms with van der Waals surface area (Å²) in [7, 11) is 0. The highest BCUT2D eigenvalue weighted by Crippen LogP contribution is 2.11. The number of carboxylic acids is 1. The van der Waals surface area contributed by atoms with Crippen LogP contribution >= 0.6 is 15.9 Å². The van der Waals surface area contributed by atoms with E-state index in [2.05, 4.69) is 21.2 Å². The summed E-state index contributed by atoms with van der Waals surface area (Å²) >= 11 is 3.35. The monoisotopic (exact) mass is 341 g/mol. The quantitative estimate of drug-likeness (QED) is 0.763. The molecule has 0 saturated heterocycles. The van der Waals surface area contributed by atoms with Crippen LogP contribution in [-0.4, -0.2) is 23.5 Å². The molecule has 0 spiro atoms. The van der Waals surface area contributed by atoms with Crippen LogP contribution in [0, 0.1) is 5.92 Å². The number of aliphatic carboxylic acids is 1. The predicted molar refractivity (Wildman–Crippen MR) is 81.5 cm³/mol. The van der Waals surface area contributed by atoms with Gasteiger partial charge in [0.05, 0.1) is 6.42 Å².